The number of alkyl halides is 3. The van der Waals surface area contributed by atoms with E-state index in [4.69, 9.17) is 26.2 Å². The molecule has 11 heteroatoms. The van der Waals surface area contributed by atoms with Crippen LogP contribution in [0.5, 0.6) is 0 Å². The van der Waals surface area contributed by atoms with Gasteiger partial charge in [0.15, 0.2) is 5.96 Å². The van der Waals surface area contributed by atoms with Gasteiger partial charge in [-0.25, -0.2) is 9.59 Å². The van der Waals surface area contributed by atoms with Gasteiger partial charge in [-0.2, -0.15) is 13.2 Å². The van der Waals surface area contributed by atoms with Gasteiger partial charge in [0.25, 0.3) is 0 Å². The number of nitrogens with two attached hydrogens (primary N) is 1. The van der Waals surface area contributed by atoms with E-state index in [9.17, 15) is 18.0 Å². The van der Waals surface area contributed by atoms with Crippen molar-refractivity contribution in [2.24, 2.45) is 5.73 Å². The third kappa shape index (κ3) is 6.88. The Morgan fingerprint density at radius 2 is 1.79 bits per heavy atom. The van der Waals surface area contributed by atoms with Crippen molar-refractivity contribution >= 4 is 34.2 Å². The number of carboxylic acids is 2. The highest BCUT2D eigenvalue weighted by Gasteiger charge is 2.38. The van der Waals surface area contributed by atoms with Crippen molar-refractivity contribution in [3.63, 3.8) is 0 Å². The van der Waals surface area contributed by atoms with Gasteiger partial charge in [0.1, 0.15) is 4.88 Å². The molecule has 0 saturated carbocycles. The maximum atomic E-state index is 10.6. The third-order valence-electron chi connectivity index (χ3n) is 1.32. The van der Waals surface area contributed by atoms with Crippen LogP contribution in [0.1, 0.15) is 9.67 Å². The number of aliphatic carboxylic acids is 1. The van der Waals surface area contributed by atoms with Crippen LogP contribution < -0.4 is 11.1 Å². The smallest absolute Gasteiger partial charge is 0.477 e. The van der Waals surface area contributed by atoms with Gasteiger partial charge in [-0.3, -0.25) is 5.41 Å². The number of carbonyl (C=O) groups is 2. The molecule has 0 radical (unpaired) electrons. The van der Waals surface area contributed by atoms with Crippen molar-refractivity contribution in [1.29, 1.82) is 5.41 Å². The van der Waals surface area contributed by atoms with Crippen LogP contribution in [0, 0.1) is 5.41 Å². The molecule has 0 bridgehead atoms. The lowest BCUT2D eigenvalue weighted by atomic mass is 10.5. The Morgan fingerprint density at radius 1 is 1.32 bits per heavy atom. The first-order valence-corrected chi connectivity index (χ1v) is 5.10. The second kappa shape index (κ2) is 6.58. The van der Waals surface area contributed by atoms with Gasteiger partial charge in [-0.15, -0.1) is 11.3 Å². The second-order valence-corrected chi connectivity index (χ2v) is 3.89. The zero-order chi connectivity index (χ0) is 15.2. The van der Waals surface area contributed by atoms with E-state index in [1.165, 1.54) is 6.07 Å². The summed E-state index contributed by atoms with van der Waals surface area (Å²) in [4.78, 5) is 19.5. The molecule has 0 aliphatic heterocycles. The van der Waals surface area contributed by atoms with E-state index in [1.807, 2.05) is 0 Å². The largest absolute Gasteiger partial charge is 0.490 e. The Kier molecular flexibility index (Phi) is 5.79. The first-order chi connectivity index (χ1) is 8.54. The van der Waals surface area contributed by atoms with E-state index in [0.717, 1.165) is 11.3 Å². The molecule has 1 aromatic rings. The molecule has 0 unspecified atom stereocenters. The highest BCUT2D eigenvalue weighted by atomic mass is 32.1. The summed E-state index contributed by atoms with van der Waals surface area (Å²) in [6.07, 6.45) is -5.08. The summed E-state index contributed by atoms with van der Waals surface area (Å²) < 4.78 is 31.7. The average Bonchev–Trinajstić information content (AvgIpc) is 2.64. The third-order valence-corrected chi connectivity index (χ3v) is 2.31. The van der Waals surface area contributed by atoms with Crippen molar-refractivity contribution in [2.45, 2.75) is 6.18 Å². The minimum absolute atomic E-state index is 0.200. The Hall–Kier alpha value is -2.30. The van der Waals surface area contributed by atoms with Gasteiger partial charge in [0, 0.05) is 0 Å². The minimum Gasteiger partial charge on any atom is -0.477 e. The van der Waals surface area contributed by atoms with Crippen LogP contribution in [0.25, 0.3) is 0 Å². The summed E-state index contributed by atoms with van der Waals surface area (Å²) in [5.74, 6) is -3.93. The fourth-order valence-corrected chi connectivity index (χ4v) is 1.41. The standard InChI is InChI=1S/C6H7N3O2S.C2HF3O2/c7-6(8)9-4-2-1-3(12-4)5(10)11;3-2(4,5)1(6)7/h1-2H,(H,10,11)(H4,7,8,9);(H,6,7). The highest BCUT2D eigenvalue weighted by Crippen LogP contribution is 2.21. The maximum Gasteiger partial charge on any atom is 0.490 e. The molecular formula is C8H8F3N3O4S. The summed E-state index contributed by atoms with van der Waals surface area (Å²) in [5, 5.41) is 25.6. The van der Waals surface area contributed by atoms with Gasteiger partial charge in [0.05, 0.1) is 5.00 Å². The number of nitrogens with one attached hydrogen (secondary N) is 2. The molecule has 1 aromatic heterocycles. The quantitative estimate of drug-likeness (QED) is 0.413. The van der Waals surface area contributed by atoms with Crippen LogP contribution >= 0.6 is 11.3 Å². The summed E-state index contributed by atoms with van der Waals surface area (Å²) in [6, 6.07) is 3.02. The number of anilines is 1. The summed E-state index contributed by atoms with van der Waals surface area (Å²) in [5.41, 5.74) is 5.04. The van der Waals surface area contributed by atoms with E-state index in [-0.39, 0.29) is 10.8 Å². The van der Waals surface area contributed by atoms with E-state index in [2.05, 4.69) is 5.32 Å². The van der Waals surface area contributed by atoms with Crippen LogP contribution in [0.2, 0.25) is 0 Å². The van der Waals surface area contributed by atoms with Crippen molar-refractivity contribution in [3.8, 4) is 0 Å². The number of hydrogen-bond donors (Lipinski definition) is 5. The van der Waals surface area contributed by atoms with Crippen molar-refractivity contribution < 1.29 is 33.0 Å². The van der Waals surface area contributed by atoms with Crippen molar-refractivity contribution in [1.82, 2.24) is 0 Å². The number of rotatable bonds is 2. The number of carboxylic acid groups (broad SMARTS) is 2. The van der Waals surface area contributed by atoms with E-state index < -0.39 is 18.1 Å². The predicted octanol–water partition coefficient (Wildman–Crippen LogP) is 1.38. The Bertz CT molecular complexity index is 486. The first kappa shape index (κ1) is 16.7. The molecule has 0 atom stereocenters. The Labute approximate surface area is 108 Å². The highest BCUT2D eigenvalue weighted by molar-refractivity contribution is 7.18. The molecule has 0 aliphatic carbocycles. The van der Waals surface area contributed by atoms with Crippen LogP contribution in [-0.2, 0) is 4.79 Å². The number of guanidine groups is 1. The second-order valence-electron chi connectivity index (χ2n) is 2.81. The Balaban J connectivity index is 0.000000399. The monoisotopic (exact) mass is 299 g/mol. The molecule has 0 fully saturated rings. The van der Waals surface area contributed by atoms with Crippen LogP contribution in [0.4, 0.5) is 18.2 Å². The van der Waals surface area contributed by atoms with Crippen molar-refractivity contribution in [2.75, 3.05) is 5.32 Å². The van der Waals surface area contributed by atoms with Gasteiger partial charge >= 0.3 is 18.1 Å². The SMILES string of the molecule is N=C(N)Nc1ccc(C(=O)O)s1.O=C(O)C(F)(F)F. The van der Waals surface area contributed by atoms with Gasteiger partial charge < -0.3 is 21.3 Å². The molecule has 0 amide bonds. The normalized spacial score (nSPS) is 10.1. The molecular weight excluding hydrogens is 291 g/mol. The van der Waals surface area contributed by atoms with Crippen molar-refractivity contribution in [3.05, 3.63) is 17.0 Å². The van der Waals surface area contributed by atoms with E-state index in [0.29, 0.717) is 5.00 Å². The molecule has 1 rings (SSSR count). The van der Waals surface area contributed by atoms with E-state index >= 15 is 0 Å². The minimum atomic E-state index is -5.08. The fraction of sp³-hybridized carbons (Fsp3) is 0.125. The average molecular weight is 299 g/mol. The summed E-state index contributed by atoms with van der Waals surface area (Å²) in [6.45, 7) is 0. The van der Waals surface area contributed by atoms with E-state index in [1.54, 1.807) is 6.07 Å². The summed E-state index contributed by atoms with van der Waals surface area (Å²) in [7, 11) is 0. The van der Waals surface area contributed by atoms with Crippen LogP contribution in [0.15, 0.2) is 12.1 Å². The number of halogens is 3. The lowest BCUT2D eigenvalue weighted by molar-refractivity contribution is -0.192. The lowest BCUT2D eigenvalue weighted by Gasteiger charge is -1.96. The number of hydrogen-bond acceptors (Lipinski definition) is 4. The molecule has 0 aromatic carbocycles. The maximum absolute atomic E-state index is 10.6. The first-order valence-electron chi connectivity index (χ1n) is 4.28. The molecule has 106 valence electrons. The lowest BCUT2D eigenvalue weighted by Crippen LogP contribution is -2.21. The zero-order valence-electron chi connectivity index (χ0n) is 8.99. The fourth-order valence-electron chi connectivity index (χ4n) is 0.653. The predicted molar refractivity (Wildman–Crippen MR) is 60.5 cm³/mol. The molecule has 0 spiro atoms. The number of thiophene rings is 1. The molecule has 1 heterocycles. The van der Waals surface area contributed by atoms with Gasteiger partial charge in [-0.1, -0.05) is 0 Å². The van der Waals surface area contributed by atoms with Crippen LogP contribution in [0.3, 0.4) is 0 Å². The van der Waals surface area contributed by atoms with Gasteiger partial charge in [0.2, 0.25) is 0 Å². The topological polar surface area (TPSA) is 136 Å². The molecule has 0 aliphatic rings. The molecule has 0 saturated heterocycles. The number of aromatic carboxylic acids is 1. The zero-order valence-corrected chi connectivity index (χ0v) is 9.80. The molecule has 6 N–H and O–H groups in total. The molecule has 7 nitrogen and oxygen atoms in total. The van der Waals surface area contributed by atoms with Crippen LogP contribution in [-0.4, -0.2) is 34.3 Å². The van der Waals surface area contributed by atoms with Gasteiger partial charge in [-0.05, 0) is 12.1 Å². The Morgan fingerprint density at radius 3 is 2.05 bits per heavy atom. The summed E-state index contributed by atoms with van der Waals surface area (Å²) >= 11 is 1.04. The molecule has 19 heavy (non-hydrogen) atoms.